The number of Topliss-reactive ketones (excluding diaryl/α,β-unsaturated/α-hetero) is 1. The second kappa shape index (κ2) is 7.35. The van der Waals surface area contributed by atoms with Gasteiger partial charge in [-0.25, -0.2) is 8.42 Å². The molecule has 2 amide bonds. The predicted molar refractivity (Wildman–Crippen MR) is 94.3 cm³/mol. The van der Waals surface area contributed by atoms with Crippen molar-refractivity contribution in [3.8, 4) is 0 Å². The first kappa shape index (κ1) is 19.1. The molecule has 1 saturated heterocycles. The van der Waals surface area contributed by atoms with Crippen LogP contribution in [0.5, 0.6) is 0 Å². The molecular formula is C17H22N2O5S. The van der Waals surface area contributed by atoms with Gasteiger partial charge in [0.15, 0.2) is 15.6 Å². The smallest absolute Gasteiger partial charge is 0.242 e. The lowest BCUT2D eigenvalue weighted by Gasteiger charge is -2.27. The summed E-state index contributed by atoms with van der Waals surface area (Å²) in [7, 11) is -1.53. The quantitative estimate of drug-likeness (QED) is 0.722. The van der Waals surface area contributed by atoms with Crippen LogP contribution in [-0.2, 0) is 19.4 Å². The van der Waals surface area contributed by atoms with Crippen LogP contribution in [0.15, 0.2) is 24.3 Å². The highest BCUT2D eigenvalue weighted by molar-refractivity contribution is 7.91. The van der Waals surface area contributed by atoms with Gasteiger partial charge in [0.1, 0.15) is 6.54 Å². The highest BCUT2D eigenvalue weighted by Crippen LogP contribution is 2.19. The van der Waals surface area contributed by atoms with Crippen molar-refractivity contribution < 1.29 is 22.8 Å². The van der Waals surface area contributed by atoms with Gasteiger partial charge in [-0.2, -0.15) is 0 Å². The molecule has 1 atom stereocenters. The summed E-state index contributed by atoms with van der Waals surface area (Å²) >= 11 is 0. The first-order chi connectivity index (χ1) is 11.6. The third-order valence-corrected chi connectivity index (χ3v) is 6.16. The number of hydrogen-bond donors (Lipinski definition) is 0. The SMILES string of the molecule is CC(=O)c1ccc(N(CC(=O)N(C)C2CCS(=O)(=O)C2)C(C)=O)cc1. The summed E-state index contributed by atoms with van der Waals surface area (Å²) in [5, 5.41) is 0. The van der Waals surface area contributed by atoms with Gasteiger partial charge in [-0.15, -0.1) is 0 Å². The third-order valence-electron chi connectivity index (χ3n) is 4.41. The van der Waals surface area contributed by atoms with Crippen LogP contribution in [0.25, 0.3) is 0 Å². The Balaban J connectivity index is 2.12. The maximum atomic E-state index is 12.5. The summed E-state index contributed by atoms with van der Waals surface area (Å²) in [6.45, 7) is 2.62. The van der Waals surface area contributed by atoms with Gasteiger partial charge in [0.2, 0.25) is 11.8 Å². The van der Waals surface area contributed by atoms with E-state index in [0.29, 0.717) is 17.7 Å². The molecular weight excluding hydrogens is 344 g/mol. The molecule has 1 aliphatic heterocycles. The van der Waals surface area contributed by atoms with Crippen molar-refractivity contribution in [3.05, 3.63) is 29.8 Å². The maximum absolute atomic E-state index is 12.5. The monoisotopic (exact) mass is 366 g/mol. The fourth-order valence-corrected chi connectivity index (χ4v) is 4.57. The molecule has 0 N–H and O–H groups in total. The molecule has 0 aromatic heterocycles. The van der Waals surface area contributed by atoms with Crippen LogP contribution in [0.3, 0.4) is 0 Å². The summed E-state index contributed by atoms with van der Waals surface area (Å²) < 4.78 is 23.2. The van der Waals surface area contributed by atoms with E-state index in [4.69, 9.17) is 0 Å². The number of carbonyl (C=O) groups is 3. The Bertz CT molecular complexity index is 786. The summed E-state index contributed by atoms with van der Waals surface area (Å²) in [5.74, 6) is -0.676. The summed E-state index contributed by atoms with van der Waals surface area (Å²) in [4.78, 5) is 38.5. The topological polar surface area (TPSA) is 91.8 Å². The van der Waals surface area contributed by atoms with Crippen molar-refractivity contribution in [2.24, 2.45) is 0 Å². The van der Waals surface area contributed by atoms with Gasteiger partial charge in [-0.3, -0.25) is 14.4 Å². The number of rotatable bonds is 5. The van der Waals surface area contributed by atoms with E-state index in [1.165, 1.54) is 23.6 Å². The maximum Gasteiger partial charge on any atom is 0.242 e. The molecule has 0 bridgehead atoms. The van der Waals surface area contributed by atoms with E-state index in [2.05, 4.69) is 0 Å². The molecule has 136 valence electrons. The number of hydrogen-bond acceptors (Lipinski definition) is 5. The number of nitrogens with zero attached hydrogens (tertiary/aromatic N) is 2. The minimum Gasteiger partial charge on any atom is -0.340 e. The molecule has 0 saturated carbocycles. The fraction of sp³-hybridized carbons (Fsp3) is 0.471. The highest BCUT2D eigenvalue weighted by atomic mass is 32.2. The molecule has 1 aromatic rings. The van der Waals surface area contributed by atoms with Crippen LogP contribution in [0.2, 0.25) is 0 Å². The standard InChI is InChI=1S/C17H22N2O5S/c1-12(20)14-4-6-15(7-5-14)19(13(2)21)10-17(22)18(3)16-8-9-25(23,24)11-16/h4-7,16H,8-11H2,1-3H3. The molecule has 8 heteroatoms. The van der Waals surface area contributed by atoms with Crippen LogP contribution in [0.4, 0.5) is 5.69 Å². The van der Waals surface area contributed by atoms with E-state index in [0.717, 1.165) is 0 Å². The molecule has 0 aliphatic carbocycles. The minimum atomic E-state index is -3.09. The lowest BCUT2D eigenvalue weighted by atomic mass is 10.1. The molecule has 7 nitrogen and oxygen atoms in total. The van der Waals surface area contributed by atoms with Crippen LogP contribution in [0, 0.1) is 0 Å². The zero-order valence-electron chi connectivity index (χ0n) is 14.6. The van der Waals surface area contributed by atoms with E-state index in [1.807, 2.05) is 0 Å². The molecule has 2 rings (SSSR count). The molecule has 1 aliphatic rings. The van der Waals surface area contributed by atoms with Crippen LogP contribution >= 0.6 is 0 Å². The number of carbonyl (C=O) groups excluding carboxylic acids is 3. The molecule has 0 radical (unpaired) electrons. The molecule has 1 unspecified atom stereocenters. The summed E-state index contributed by atoms with van der Waals surface area (Å²) in [6, 6.07) is 6.08. The van der Waals surface area contributed by atoms with E-state index in [9.17, 15) is 22.8 Å². The number of likely N-dealkylation sites (N-methyl/N-ethyl adjacent to an activating group) is 1. The Morgan fingerprint density at radius 2 is 1.72 bits per heavy atom. The first-order valence-corrected chi connectivity index (χ1v) is 9.78. The van der Waals surface area contributed by atoms with Gasteiger partial charge in [0, 0.05) is 31.3 Å². The largest absolute Gasteiger partial charge is 0.340 e. The molecule has 1 fully saturated rings. The number of sulfone groups is 1. The van der Waals surface area contributed by atoms with E-state index < -0.39 is 9.84 Å². The lowest BCUT2D eigenvalue weighted by Crippen LogP contribution is -2.45. The number of ketones is 1. The van der Waals surface area contributed by atoms with Crippen molar-refractivity contribution >= 4 is 33.1 Å². The zero-order valence-corrected chi connectivity index (χ0v) is 15.4. The van der Waals surface area contributed by atoms with Crippen molar-refractivity contribution in [2.45, 2.75) is 26.3 Å². The summed E-state index contributed by atoms with van der Waals surface area (Å²) in [5.41, 5.74) is 1.03. The Morgan fingerprint density at radius 3 is 2.16 bits per heavy atom. The second-order valence-electron chi connectivity index (χ2n) is 6.27. The van der Waals surface area contributed by atoms with Crippen molar-refractivity contribution in [2.75, 3.05) is 30.0 Å². The van der Waals surface area contributed by atoms with Crippen molar-refractivity contribution in [3.63, 3.8) is 0 Å². The predicted octanol–water partition coefficient (Wildman–Crippen LogP) is 0.888. The van der Waals surface area contributed by atoms with Gasteiger partial charge >= 0.3 is 0 Å². The van der Waals surface area contributed by atoms with Gasteiger partial charge in [-0.1, -0.05) is 0 Å². The normalized spacial score (nSPS) is 18.6. The fourth-order valence-electron chi connectivity index (χ4n) is 2.79. The average Bonchev–Trinajstić information content (AvgIpc) is 2.91. The van der Waals surface area contributed by atoms with Gasteiger partial charge in [0.25, 0.3) is 0 Å². The van der Waals surface area contributed by atoms with E-state index in [-0.39, 0.29) is 41.7 Å². The number of amides is 2. The summed E-state index contributed by atoms with van der Waals surface area (Å²) in [6.07, 6.45) is 0.415. The highest BCUT2D eigenvalue weighted by Gasteiger charge is 2.33. The minimum absolute atomic E-state index is 0.0391. The lowest BCUT2D eigenvalue weighted by molar-refractivity contribution is -0.131. The van der Waals surface area contributed by atoms with Crippen molar-refractivity contribution in [1.82, 2.24) is 4.90 Å². The Morgan fingerprint density at radius 1 is 1.12 bits per heavy atom. The molecule has 25 heavy (non-hydrogen) atoms. The zero-order chi connectivity index (χ0) is 18.8. The first-order valence-electron chi connectivity index (χ1n) is 7.96. The molecule has 1 heterocycles. The van der Waals surface area contributed by atoms with Gasteiger partial charge in [0.05, 0.1) is 11.5 Å². The van der Waals surface area contributed by atoms with Gasteiger partial charge in [-0.05, 0) is 37.6 Å². The van der Waals surface area contributed by atoms with E-state index in [1.54, 1.807) is 31.3 Å². The van der Waals surface area contributed by atoms with E-state index >= 15 is 0 Å². The number of benzene rings is 1. The number of anilines is 1. The third kappa shape index (κ3) is 4.66. The van der Waals surface area contributed by atoms with Crippen molar-refractivity contribution in [1.29, 1.82) is 0 Å². The second-order valence-corrected chi connectivity index (χ2v) is 8.50. The van der Waals surface area contributed by atoms with Gasteiger partial charge < -0.3 is 9.80 Å². The molecule has 0 spiro atoms. The molecule has 1 aromatic carbocycles. The Hall–Kier alpha value is -2.22. The van der Waals surface area contributed by atoms with Crippen LogP contribution in [-0.4, -0.2) is 62.1 Å². The van der Waals surface area contributed by atoms with Crippen LogP contribution in [0.1, 0.15) is 30.6 Å². The Labute approximate surface area is 147 Å². The van der Waals surface area contributed by atoms with Crippen LogP contribution < -0.4 is 4.90 Å². The average molecular weight is 366 g/mol. The Kier molecular flexibility index (Phi) is 5.62.